The number of anilines is 1. The molecule has 2 rings (SSSR count). The fourth-order valence-corrected chi connectivity index (χ4v) is 2.51. The molecule has 5 nitrogen and oxygen atoms in total. The van der Waals surface area contributed by atoms with Crippen LogP contribution in [0.2, 0.25) is 0 Å². The van der Waals surface area contributed by atoms with Crippen LogP contribution in [-0.2, 0) is 9.53 Å². The molecule has 1 unspecified atom stereocenters. The van der Waals surface area contributed by atoms with Crippen molar-refractivity contribution >= 4 is 11.7 Å². The largest absolute Gasteiger partial charge is 0.506 e. The minimum absolute atomic E-state index is 0.0481. The molecule has 1 atom stereocenters. The molecule has 0 aliphatic heterocycles. The summed E-state index contributed by atoms with van der Waals surface area (Å²) in [6.07, 6.45) is 0.667. The molecule has 1 aromatic heterocycles. The van der Waals surface area contributed by atoms with Crippen LogP contribution >= 0.6 is 0 Å². The third-order valence-corrected chi connectivity index (χ3v) is 4.11. The van der Waals surface area contributed by atoms with Crippen molar-refractivity contribution in [3.05, 3.63) is 52.7 Å². The van der Waals surface area contributed by atoms with Crippen molar-refractivity contribution in [1.29, 1.82) is 0 Å². The summed E-state index contributed by atoms with van der Waals surface area (Å²) in [5, 5.41) is 12.6. The summed E-state index contributed by atoms with van der Waals surface area (Å²) in [6.45, 7) is 7.29. The number of aryl methyl sites for hydroxylation is 1. The van der Waals surface area contributed by atoms with Crippen molar-refractivity contribution in [2.24, 2.45) is 0 Å². The van der Waals surface area contributed by atoms with Crippen molar-refractivity contribution in [3.63, 3.8) is 0 Å². The maximum absolute atomic E-state index is 12.2. The number of nitrogens with one attached hydrogen (secondary N) is 1. The molecular weight excluding hydrogens is 304 g/mol. The van der Waals surface area contributed by atoms with Crippen LogP contribution in [-0.4, -0.2) is 22.6 Å². The molecule has 128 valence electrons. The first-order chi connectivity index (χ1) is 11.4. The molecule has 0 spiro atoms. The number of nitrogens with zero attached hydrogens (tertiary/aromatic N) is 1. The molecule has 5 heteroatoms. The normalized spacial score (nSPS) is 12.0. The van der Waals surface area contributed by atoms with E-state index in [9.17, 15) is 9.90 Å². The summed E-state index contributed by atoms with van der Waals surface area (Å²) < 4.78 is 5.75. The van der Waals surface area contributed by atoms with Gasteiger partial charge in [0.25, 0.3) is 5.91 Å². The summed E-state index contributed by atoms with van der Waals surface area (Å²) >= 11 is 0. The van der Waals surface area contributed by atoms with Crippen molar-refractivity contribution < 1.29 is 14.6 Å². The monoisotopic (exact) mass is 328 g/mol. The Morgan fingerprint density at radius 1 is 1.21 bits per heavy atom. The van der Waals surface area contributed by atoms with E-state index in [1.54, 1.807) is 13.8 Å². The van der Waals surface area contributed by atoms with Crippen LogP contribution in [0, 0.1) is 20.8 Å². The summed E-state index contributed by atoms with van der Waals surface area (Å²) in [5.74, 6) is 0.366. The van der Waals surface area contributed by atoms with Gasteiger partial charge in [-0.15, -0.1) is 0 Å². The van der Waals surface area contributed by atoms with Gasteiger partial charge in [-0.1, -0.05) is 37.3 Å². The topological polar surface area (TPSA) is 71.5 Å². The summed E-state index contributed by atoms with van der Waals surface area (Å²) in [4.78, 5) is 16.4. The minimum atomic E-state index is -0.260. The number of carbonyl (C=O) groups excluding carboxylic acids is 1. The molecule has 0 bridgehead atoms. The van der Waals surface area contributed by atoms with E-state index in [4.69, 9.17) is 4.74 Å². The molecule has 0 aliphatic rings. The SMILES string of the molecule is CCC(OCC(=O)Nc1nc(C)c(O)c(C)c1C)c1ccccc1. The van der Waals surface area contributed by atoms with E-state index in [0.29, 0.717) is 11.5 Å². The summed E-state index contributed by atoms with van der Waals surface area (Å²) in [6, 6.07) is 9.84. The molecule has 1 amide bonds. The maximum Gasteiger partial charge on any atom is 0.251 e. The fraction of sp³-hybridized carbons (Fsp3) is 0.368. The third kappa shape index (κ3) is 4.11. The molecular formula is C19H24N2O3. The number of hydrogen-bond acceptors (Lipinski definition) is 4. The Hall–Kier alpha value is -2.40. The van der Waals surface area contributed by atoms with Gasteiger partial charge in [-0.3, -0.25) is 4.79 Å². The lowest BCUT2D eigenvalue weighted by molar-refractivity contribution is -0.122. The van der Waals surface area contributed by atoms with Crippen LogP contribution in [0.25, 0.3) is 0 Å². The average molecular weight is 328 g/mol. The Balaban J connectivity index is 2.01. The van der Waals surface area contributed by atoms with Crippen LogP contribution in [0.5, 0.6) is 5.75 Å². The van der Waals surface area contributed by atoms with E-state index in [1.165, 1.54) is 0 Å². The van der Waals surface area contributed by atoms with Crippen LogP contribution in [0.1, 0.15) is 41.8 Å². The molecule has 2 N–H and O–H groups in total. The number of benzene rings is 1. The van der Waals surface area contributed by atoms with Crippen molar-refractivity contribution in [1.82, 2.24) is 4.98 Å². The Kier molecular flexibility index (Phi) is 5.93. The zero-order chi connectivity index (χ0) is 17.7. The number of aromatic hydroxyl groups is 1. The first kappa shape index (κ1) is 17.9. The third-order valence-electron chi connectivity index (χ3n) is 4.11. The highest BCUT2D eigenvalue weighted by atomic mass is 16.5. The second kappa shape index (κ2) is 7.93. The van der Waals surface area contributed by atoms with E-state index in [2.05, 4.69) is 10.3 Å². The molecule has 0 aliphatic carbocycles. The van der Waals surface area contributed by atoms with Crippen molar-refractivity contribution in [3.8, 4) is 5.75 Å². The number of carbonyl (C=O) groups is 1. The lowest BCUT2D eigenvalue weighted by Gasteiger charge is -2.17. The highest BCUT2D eigenvalue weighted by Gasteiger charge is 2.15. The van der Waals surface area contributed by atoms with E-state index < -0.39 is 0 Å². The summed E-state index contributed by atoms with van der Waals surface area (Å²) in [7, 11) is 0. The zero-order valence-electron chi connectivity index (χ0n) is 14.6. The lowest BCUT2D eigenvalue weighted by Crippen LogP contribution is -2.21. The van der Waals surface area contributed by atoms with Gasteiger partial charge in [-0.25, -0.2) is 4.98 Å². The number of rotatable bonds is 6. The van der Waals surface area contributed by atoms with E-state index in [0.717, 1.165) is 23.1 Å². The molecule has 0 saturated heterocycles. The molecule has 1 heterocycles. The van der Waals surface area contributed by atoms with Gasteiger partial charge in [0.05, 0.1) is 11.8 Å². The molecule has 0 saturated carbocycles. The Morgan fingerprint density at radius 2 is 1.88 bits per heavy atom. The molecule has 0 radical (unpaired) electrons. The molecule has 24 heavy (non-hydrogen) atoms. The molecule has 2 aromatic rings. The van der Waals surface area contributed by atoms with Gasteiger partial charge < -0.3 is 15.2 Å². The number of ether oxygens (including phenoxy) is 1. The first-order valence-corrected chi connectivity index (χ1v) is 8.07. The summed E-state index contributed by atoms with van der Waals surface area (Å²) in [5.41, 5.74) is 3.01. The Morgan fingerprint density at radius 3 is 2.50 bits per heavy atom. The number of aromatic nitrogens is 1. The van der Waals surface area contributed by atoms with Crippen LogP contribution in [0.3, 0.4) is 0 Å². The maximum atomic E-state index is 12.2. The minimum Gasteiger partial charge on any atom is -0.506 e. The van der Waals surface area contributed by atoms with Gasteiger partial charge in [0.2, 0.25) is 0 Å². The second-order valence-corrected chi connectivity index (χ2v) is 5.81. The van der Waals surface area contributed by atoms with Gasteiger partial charge in [0.15, 0.2) is 0 Å². The lowest BCUT2D eigenvalue weighted by atomic mass is 10.1. The van der Waals surface area contributed by atoms with Crippen molar-refractivity contribution in [2.45, 2.75) is 40.2 Å². The average Bonchev–Trinajstić information content (AvgIpc) is 2.59. The van der Waals surface area contributed by atoms with Gasteiger partial charge in [-0.2, -0.15) is 0 Å². The first-order valence-electron chi connectivity index (χ1n) is 8.07. The van der Waals surface area contributed by atoms with Gasteiger partial charge in [0.1, 0.15) is 18.2 Å². The highest BCUT2D eigenvalue weighted by molar-refractivity contribution is 5.91. The Labute approximate surface area is 142 Å². The molecule has 1 aromatic carbocycles. The fourth-order valence-electron chi connectivity index (χ4n) is 2.51. The van der Waals surface area contributed by atoms with Crippen molar-refractivity contribution in [2.75, 3.05) is 11.9 Å². The van der Waals surface area contributed by atoms with Crippen LogP contribution in [0.4, 0.5) is 5.82 Å². The molecule has 0 fully saturated rings. The standard InChI is InChI=1S/C19H24N2O3/c1-5-16(15-9-7-6-8-10-15)24-11-17(22)21-19-13(3)12(2)18(23)14(4)20-19/h6-10,16,23H,5,11H2,1-4H3,(H,20,21,22). The van der Waals surface area contributed by atoms with E-state index in [-0.39, 0.29) is 24.4 Å². The second-order valence-electron chi connectivity index (χ2n) is 5.81. The Bertz CT molecular complexity index is 714. The predicted octanol–water partition coefficient (Wildman–Crippen LogP) is 3.82. The van der Waals surface area contributed by atoms with Crippen LogP contribution < -0.4 is 5.32 Å². The quantitative estimate of drug-likeness (QED) is 0.845. The smallest absolute Gasteiger partial charge is 0.251 e. The zero-order valence-corrected chi connectivity index (χ0v) is 14.6. The van der Waals surface area contributed by atoms with Crippen LogP contribution in [0.15, 0.2) is 30.3 Å². The number of hydrogen-bond donors (Lipinski definition) is 2. The number of amides is 1. The highest BCUT2D eigenvalue weighted by Crippen LogP contribution is 2.27. The van der Waals surface area contributed by atoms with Gasteiger partial charge in [0, 0.05) is 0 Å². The number of pyridine rings is 1. The van der Waals surface area contributed by atoms with E-state index >= 15 is 0 Å². The van der Waals surface area contributed by atoms with Gasteiger partial charge in [-0.05, 0) is 43.9 Å². The predicted molar refractivity (Wildman–Crippen MR) is 94.2 cm³/mol. The van der Waals surface area contributed by atoms with Gasteiger partial charge >= 0.3 is 0 Å². The van der Waals surface area contributed by atoms with E-state index in [1.807, 2.05) is 44.2 Å².